The van der Waals surface area contributed by atoms with Crippen molar-refractivity contribution in [2.24, 2.45) is 0 Å². The average molecular weight is 340 g/mol. The first-order chi connectivity index (χ1) is 12.0. The molecule has 1 aliphatic heterocycles. The van der Waals surface area contributed by atoms with Crippen molar-refractivity contribution in [1.29, 1.82) is 0 Å². The molecule has 6 nitrogen and oxygen atoms in total. The van der Waals surface area contributed by atoms with E-state index in [-0.39, 0.29) is 5.91 Å². The van der Waals surface area contributed by atoms with Gasteiger partial charge in [0.2, 0.25) is 11.9 Å². The topological polar surface area (TPSA) is 58.6 Å². The summed E-state index contributed by atoms with van der Waals surface area (Å²) in [6, 6.07) is 9.53. The van der Waals surface area contributed by atoms with Gasteiger partial charge in [0.1, 0.15) is 5.75 Å². The van der Waals surface area contributed by atoms with Crippen LogP contribution in [0.4, 0.5) is 5.95 Å². The monoisotopic (exact) mass is 340 g/mol. The molecular weight excluding hydrogens is 316 g/mol. The number of rotatable bonds is 4. The number of carbonyl (C=O) groups excluding carboxylic acids is 1. The van der Waals surface area contributed by atoms with Crippen molar-refractivity contribution in [3.8, 4) is 5.75 Å². The van der Waals surface area contributed by atoms with E-state index >= 15 is 0 Å². The maximum atomic E-state index is 13.2. The number of carbonyl (C=O) groups is 1. The third kappa shape index (κ3) is 3.43. The van der Waals surface area contributed by atoms with Gasteiger partial charge in [-0.25, -0.2) is 9.97 Å². The van der Waals surface area contributed by atoms with Crippen LogP contribution in [0, 0.1) is 0 Å². The number of aromatic nitrogens is 2. The van der Waals surface area contributed by atoms with E-state index in [2.05, 4.69) is 14.9 Å². The van der Waals surface area contributed by atoms with E-state index in [1.807, 2.05) is 43.0 Å². The summed E-state index contributed by atoms with van der Waals surface area (Å²) < 4.78 is 5.45. The van der Waals surface area contributed by atoms with Gasteiger partial charge in [0.25, 0.3) is 0 Å². The van der Waals surface area contributed by atoms with E-state index in [0.717, 1.165) is 30.4 Å². The van der Waals surface area contributed by atoms with Gasteiger partial charge in [0.05, 0.1) is 12.5 Å². The lowest BCUT2D eigenvalue weighted by atomic mass is 9.82. The lowest BCUT2D eigenvalue weighted by Crippen LogP contribution is -2.53. The minimum absolute atomic E-state index is 0.116. The number of anilines is 1. The minimum Gasteiger partial charge on any atom is -0.496 e. The first kappa shape index (κ1) is 17.2. The van der Waals surface area contributed by atoms with Crippen LogP contribution in [-0.2, 0) is 10.2 Å². The van der Waals surface area contributed by atoms with Crippen LogP contribution in [0.1, 0.15) is 19.4 Å². The predicted molar refractivity (Wildman–Crippen MR) is 96.8 cm³/mol. The summed E-state index contributed by atoms with van der Waals surface area (Å²) in [6.07, 6.45) is 3.48. The molecule has 0 N–H and O–H groups in total. The van der Waals surface area contributed by atoms with Gasteiger partial charge in [0, 0.05) is 44.1 Å². The molecular formula is C19H24N4O2. The summed E-state index contributed by atoms with van der Waals surface area (Å²) in [6.45, 7) is 6.71. The Balaban J connectivity index is 1.71. The Morgan fingerprint density at radius 1 is 1.04 bits per heavy atom. The van der Waals surface area contributed by atoms with Crippen molar-refractivity contribution in [2.45, 2.75) is 19.3 Å². The first-order valence-electron chi connectivity index (χ1n) is 8.49. The molecule has 25 heavy (non-hydrogen) atoms. The van der Waals surface area contributed by atoms with Crippen LogP contribution < -0.4 is 9.64 Å². The normalized spacial score (nSPS) is 15.2. The molecule has 2 heterocycles. The van der Waals surface area contributed by atoms with Crippen molar-refractivity contribution >= 4 is 11.9 Å². The molecule has 0 radical (unpaired) electrons. The minimum atomic E-state index is -0.641. The molecule has 0 aliphatic carbocycles. The number of benzene rings is 1. The van der Waals surface area contributed by atoms with Crippen LogP contribution in [0.25, 0.3) is 0 Å². The van der Waals surface area contributed by atoms with Gasteiger partial charge in [-0.1, -0.05) is 18.2 Å². The van der Waals surface area contributed by atoms with Crippen LogP contribution in [0.3, 0.4) is 0 Å². The zero-order valence-electron chi connectivity index (χ0n) is 15.0. The molecule has 132 valence electrons. The zero-order valence-corrected chi connectivity index (χ0v) is 15.0. The maximum Gasteiger partial charge on any atom is 0.232 e. The van der Waals surface area contributed by atoms with Gasteiger partial charge in [-0.3, -0.25) is 4.79 Å². The van der Waals surface area contributed by atoms with Crippen molar-refractivity contribution in [1.82, 2.24) is 14.9 Å². The average Bonchev–Trinajstić information content (AvgIpc) is 2.68. The third-order valence-electron chi connectivity index (χ3n) is 4.72. The second-order valence-corrected chi connectivity index (χ2v) is 6.65. The number of para-hydroxylation sites is 1. The van der Waals surface area contributed by atoms with Gasteiger partial charge < -0.3 is 14.5 Å². The highest BCUT2D eigenvalue weighted by atomic mass is 16.5. The molecule has 1 saturated heterocycles. The molecule has 6 heteroatoms. The summed E-state index contributed by atoms with van der Waals surface area (Å²) >= 11 is 0. The molecule has 0 spiro atoms. The van der Waals surface area contributed by atoms with E-state index in [1.165, 1.54) is 0 Å². The molecule has 1 aromatic carbocycles. The number of piperazine rings is 1. The van der Waals surface area contributed by atoms with Crippen LogP contribution >= 0.6 is 0 Å². The molecule has 1 amide bonds. The standard InChI is InChI=1S/C19H24N4O2/c1-19(2,15-7-4-5-8-16(15)25-3)17(24)22-11-13-23(14-12-22)18-20-9-6-10-21-18/h4-10H,11-14H2,1-3H3. The molecule has 0 atom stereocenters. The Labute approximate surface area is 148 Å². The van der Waals surface area contributed by atoms with Crippen molar-refractivity contribution in [3.63, 3.8) is 0 Å². The fraction of sp³-hybridized carbons (Fsp3) is 0.421. The summed E-state index contributed by atoms with van der Waals surface area (Å²) in [5.41, 5.74) is 0.272. The number of hydrogen-bond donors (Lipinski definition) is 0. The fourth-order valence-corrected chi connectivity index (χ4v) is 3.24. The SMILES string of the molecule is COc1ccccc1C(C)(C)C(=O)N1CCN(c2ncccn2)CC1. The largest absolute Gasteiger partial charge is 0.496 e. The van der Waals surface area contributed by atoms with E-state index in [1.54, 1.807) is 25.6 Å². The Morgan fingerprint density at radius 2 is 1.68 bits per heavy atom. The highest BCUT2D eigenvalue weighted by Crippen LogP contribution is 2.33. The third-order valence-corrected chi connectivity index (χ3v) is 4.72. The highest BCUT2D eigenvalue weighted by Gasteiger charge is 2.37. The lowest BCUT2D eigenvalue weighted by Gasteiger charge is -2.39. The predicted octanol–water partition coefficient (Wildman–Crippen LogP) is 2.11. The first-order valence-corrected chi connectivity index (χ1v) is 8.49. The second-order valence-electron chi connectivity index (χ2n) is 6.65. The molecule has 1 aliphatic rings. The molecule has 3 rings (SSSR count). The quantitative estimate of drug-likeness (QED) is 0.853. The van der Waals surface area contributed by atoms with E-state index in [4.69, 9.17) is 4.74 Å². The number of methoxy groups -OCH3 is 1. The number of nitrogens with zero attached hydrogens (tertiary/aromatic N) is 4. The Bertz CT molecular complexity index is 725. The number of ether oxygens (including phenoxy) is 1. The summed E-state index contributed by atoms with van der Waals surface area (Å²) in [4.78, 5) is 25.8. The molecule has 1 fully saturated rings. The van der Waals surface area contributed by atoms with Crippen molar-refractivity contribution < 1.29 is 9.53 Å². The smallest absolute Gasteiger partial charge is 0.232 e. The van der Waals surface area contributed by atoms with Crippen LogP contribution in [0.2, 0.25) is 0 Å². The lowest BCUT2D eigenvalue weighted by molar-refractivity contribution is -0.136. The molecule has 0 unspecified atom stereocenters. The van der Waals surface area contributed by atoms with Crippen LogP contribution in [-0.4, -0.2) is 54.1 Å². The summed E-state index contributed by atoms with van der Waals surface area (Å²) in [7, 11) is 1.64. The van der Waals surface area contributed by atoms with Crippen molar-refractivity contribution in [2.75, 3.05) is 38.2 Å². The zero-order chi connectivity index (χ0) is 17.9. The van der Waals surface area contributed by atoms with Gasteiger partial charge in [-0.2, -0.15) is 0 Å². The molecule has 1 aromatic heterocycles. The van der Waals surface area contributed by atoms with E-state index < -0.39 is 5.41 Å². The fourth-order valence-electron chi connectivity index (χ4n) is 3.24. The maximum absolute atomic E-state index is 13.2. The number of amides is 1. The van der Waals surface area contributed by atoms with Crippen LogP contribution in [0.5, 0.6) is 5.75 Å². The number of hydrogen-bond acceptors (Lipinski definition) is 5. The summed E-state index contributed by atoms with van der Waals surface area (Å²) in [5, 5.41) is 0. The molecule has 0 bridgehead atoms. The Kier molecular flexibility index (Phi) is 4.88. The van der Waals surface area contributed by atoms with Crippen molar-refractivity contribution in [3.05, 3.63) is 48.3 Å². The van der Waals surface area contributed by atoms with Gasteiger partial charge in [-0.15, -0.1) is 0 Å². The Morgan fingerprint density at radius 3 is 2.32 bits per heavy atom. The summed E-state index contributed by atoms with van der Waals surface area (Å²) in [5.74, 6) is 1.58. The Hall–Kier alpha value is -2.63. The van der Waals surface area contributed by atoms with Crippen LogP contribution in [0.15, 0.2) is 42.7 Å². The van der Waals surface area contributed by atoms with Gasteiger partial charge in [-0.05, 0) is 26.0 Å². The van der Waals surface area contributed by atoms with Gasteiger partial charge >= 0.3 is 0 Å². The second kappa shape index (κ2) is 7.09. The molecule has 0 saturated carbocycles. The van der Waals surface area contributed by atoms with Gasteiger partial charge in [0.15, 0.2) is 0 Å². The van der Waals surface area contributed by atoms with E-state index in [9.17, 15) is 4.79 Å². The van der Waals surface area contributed by atoms with E-state index in [0.29, 0.717) is 13.1 Å². The highest BCUT2D eigenvalue weighted by molar-refractivity contribution is 5.88. The molecule has 2 aromatic rings.